The van der Waals surface area contributed by atoms with Crippen LogP contribution in [0.25, 0.3) is 14.5 Å². The highest BCUT2D eigenvalue weighted by molar-refractivity contribution is 5.91. The van der Waals surface area contributed by atoms with Crippen LogP contribution < -0.4 is 0 Å². The van der Waals surface area contributed by atoms with E-state index in [1.165, 1.54) is 12.5 Å². The molecule has 0 spiro atoms. The van der Waals surface area contributed by atoms with Crippen LogP contribution >= 0.6 is 0 Å². The zero-order valence-electron chi connectivity index (χ0n) is 26.8. The first-order valence-corrected chi connectivity index (χ1v) is 13.7. The van der Waals surface area contributed by atoms with Crippen molar-refractivity contribution in [3.8, 4) is 12.1 Å². The summed E-state index contributed by atoms with van der Waals surface area (Å²) < 4.78 is 22.9. The van der Waals surface area contributed by atoms with E-state index < -0.39 is 36.3 Å². The van der Waals surface area contributed by atoms with Gasteiger partial charge in [-0.1, -0.05) is 26.5 Å². The number of esters is 5. The van der Waals surface area contributed by atoms with Crippen molar-refractivity contribution in [3.63, 3.8) is 0 Å². The predicted octanol–water partition coefficient (Wildman–Crippen LogP) is 2.52. The van der Waals surface area contributed by atoms with Crippen molar-refractivity contribution in [1.29, 1.82) is 10.5 Å². The normalized spacial score (nSPS) is 10.7. The molecular formula is C31H36N6O11. The Morgan fingerprint density at radius 2 is 1.21 bits per heavy atom. The smallest absolute Gasteiger partial charge is 0.387 e. The van der Waals surface area contributed by atoms with E-state index in [9.17, 15) is 28.8 Å². The SMILES string of the molecule is C=C(C#N)COC(=O)CC(=O)OCC.[C-]#[N+]CC(=O)OCC(=C)C#N.[C-]#[N+]CC(=O)OCC1(C)CCC1.[C-]#[N+]CC(=O)OCCN=C=O. The number of nitrogens with zero attached hydrogens (tertiary/aromatic N) is 6. The molecule has 0 aromatic carbocycles. The fraction of sp³-hybridized carbons (Fsp3) is 0.516. The van der Waals surface area contributed by atoms with E-state index in [0.29, 0.717) is 6.61 Å². The molecule has 0 unspecified atom stereocenters. The van der Waals surface area contributed by atoms with Gasteiger partial charge in [-0.2, -0.15) is 10.5 Å². The fourth-order valence-electron chi connectivity index (χ4n) is 2.54. The van der Waals surface area contributed by atoms with Crippen molar-refractivity contribution >= 4 is 35.9 Å². The summed E-state index contributed by atoms with van der Waals surface area (Å²) in [7, 11) is 0. The Morgan fingerprint density at radius 3 is 1.60 bits per heavy atom. The minimum absolute atomic E-state index is 0.0313. The Balaban J connectivity index is -0.000000565. The third-order valence-corrected chi connectivity index (χ3v) is 5.02. The second-order valence-corrected chi connectivity index (χ2v) is 9.20. The summed E-state index contributed by atoms with van der Waals surface area (Å²) in [5.41, 5.74) is 0.503. The summed E-state index contributed by atoms with van der Waals surface area (Å²) in [6.07, 6.45) is 4.37. The summed E-state index contributed by atoms with van der Waals surface area (Å²) in [6, 6.07) is 3.42. The Morgan fingerprint density at radius 1 is 0.771 bits per heavy atom. The number of carbonyl (C=O) groups excluding carboxylic acids is 6. The lowest BCUT2D eigenvalue weighted by Gasteiger charge is -2.37. The molecule has 0 heterocycles. The van der Waals surface area contributed by atoms with E-state index in [-0.39, 0.29) is 69.2 Å². The molecular weight excluding hydrogens is 632 g/mol. The van der Waals surface area contributed by atoms with Crippen LogP contribution in [0.2, 0.25) is 0 Å². The van der Waals surface area contributed by atoms with Gasteiger partial charge in [0.1, 0.15) is 26.2 Å². The van der Waals surface area contributed by atoms with Crippen molar-refractivity contribution in [3.05, 3.63) is 58.6 Å². The molecule has 1 rings (SSSR count). The maximum Gasteiger partial charge on any atom is 0.387 e. The van der Waals surface area contributed by atoms with Gasteiger partial charge < -0.3 is 38.2 Å². The van der Waals surface area contributed by atoms with Crippen LogP contribution in [0.3, 0.4) is 0 Å². The van der Waals surface area contributed by atoms with Crippen molar-refractivity contribution in [2.24, 2.45) is 10.4 Å². The van der Waals surface area contributed by atoms with Gasteiger partial charge in [0.2, 0.25) is 6.08 Å². The Labute approximate surface area is 278 Å². The molecule has 1 aliphatic rings. The van der Waals surface area contributed by atoms with Crippen molar-refractivity contribution < 1.29 is 52.5 Å². The first-order valence-electron chi connectivity index (χ1n) is 13.7. The zero-order valence-corrected chi connectivity index (χ0v) is 26.8. The highest BCUT2D eigenvalue weighted by atomic mass is 16.6. The van der Waals surface area contributed by atoms with E-state index in [4.69, 9.17) is 35.0 Å². The molecule has 0 aliphatic heterocycles. The maximum absolute atomic E-state index is 10.9. The number of rotatable bonds is 15. The number of hydrogen-bond acceptors (Lipinski definition) is 14. The summed E-state index contributed by atoms with van der Waals surface area (Å²) in [4.78, 5) is 74.5. The molecule has 0 radical (unpaired) electrons. The van der Waals surface area contributed by atoms with Crippen molar-refractivity contribution in [1.82, 2.24) is 0 Å². The number of nitriles is 2. The molecule has 0 aromatic rings. The highest BCUT2D eigenvalue weighted by Crippen LogP contribution is 2.40. The van der Waals surface area contributed by atoms with E-state index in [1.54, 1.807) is 19.1 Å². The van der Waals surface area contributed by atoms with E-state index in [2.05, 4.69) is 58.6 Å². The number of isocyanates is 1. The first-order chi connectivity index (χ1) is 22.8. The number of ether oxygens (including phenoxy) is 5. The van der Waals surface area contributed by atoms with Crippen LogP contribution in [0.1, 0.15) is 39.5 Å². The second kappa shape index (κ2) is 30.7. The van der Waals surface area contributed by atoms with Crippen LogP contribution in [0.5, 0.6) is 0 Å². The molecule has 0 atom stereocenters. The van der Waals surface area contributed by atoms with Gasteiger partial charge >= 0.3 is 49.5 Å². The van der Waals surface area contributed by atoms with Crippen molar-refractivity contribution in [2.45, 2.75) is 39.5 Å². The Kier molecular flexibility index (Phi) is 29.5. The predicted molar refractivity (Wildman–Crippen MR) is 164 cm³/mol. The molecule has 1 aliphatic carbocycles. The molecule has 0 aromatic heterocycles. The van der Waals surface area contributed by atoms with Crippen LogP contribution in [0.15, 0.2) is 29.3 Å². The molecule has 0 N–H and O–H groups in total. The number of aliphatic imine (C=N–C) groups is 1. The minimum Gasteiger partial charge on any atom is -0.466 e. The van der Waals surface area contributed by atoms with E-state index >= 15 is 0 Å². The van der Waals surface area contributed by atoms with Gasteiger partial charge in [0.25, 0.3) is 0 Å². The number of carbonyl (C=O) groups is 5. The molecule has 1 fully saturated rings. The summed E-state index contributed by atoms with van der Waals surface area (Å²) >= 11 is 0. The molecule has 0 amide bonds. The average molecular weight is 669 g/mol. The van der Waals surface area contributed by atoms with Gasteiger partial charge in [-0.05, 0) is 19.8 Å². The lowest BCUT2D eigenvalue weighted by Crippen LogP contribution is -2.32. The largest absolute Gasteiger partial charge is 0.466 e. The van der Waals surface area contributed by atoms with Gasteiger partial charge in [0, 0.05) is 5.41 Å². The summed E-state index contributed by atoms with van der Waals surface area (Å²) in [6.45, 7) is 29.2. The maximum atomic E-state index is 10.9. The van der Waals surface area contributed by atoms with Crippen molar-refractivity contribution in [2.75, 3.05) is 59.2 Å². The van der Waals surface area contributed by atoms with Crippen LogP contribution in [0, 0.1) is 47.8 Å². The molecule has 48 heavy (non-hydrogen) atoms. The monoisotopic (exact) mass is 668 g/mol. The average Bonchev–Trinajstić information content (AvgIpc) is 3.04. The first kappa shape index (κ1) is 46.1. The van der Waals surface area contributed by atoms with E-state index in [0.717, 1.165) is 12.8 Å². The van der Waals surface area contributed by atoms with Gasteiger partial charge in [0.15, 0.2) is 0 Å². The van der Waals surface area contributed by atoms with Gasteiger partial charge in [0.05, 0.1) is 43.0 Å². The Bertz CT molecular complexity index is 1360. The third-order valence-electron chi connectivity index (χ3n) is 5.02. The second-order valence-electron chi connectivity index (χ2n) is 9.20. The molecule has 256 valence electrons. The molecule has 1 saturated carbocycles. The van der Waals surface area contributed by atoms with Crippen LogP contribution in [-0.2, 0) is 52.5 Å². The molecule has 17 heteroatoms. The minimum atomic E-state index is -0.722. The Hall–Kier alpha value is -6.34. The molecule has 17 nitrogen and oxygen atoms in total. The van der Waals surface area contributed by atoms with Gasteiger partial charge in [-0.25, -0.2) is 43.9 Å². The standard InChI is InChI=1S/C9H11NO4.C9H13NO2.C7H6N2O2.C6H6N2O3/c1-3-13-8(11)4-9(12)14-6-7(2)5-10;1-9(4-3-5-9)7-12-8(11)6-10-2;1-6(3-8)5-11-7(10)4-9-2;1-7-4-6(10)11-3-2-8-5-9/h2-4,6H2,1H3;3-7H2,1H3;1,4-5H2;2-4H2. The van der Waals surface area contributed by atoms with Gasteiger partial charge in [-0.15, -0.1) is 0 Å². The third kappa shape index (κ3) is 31.1. The lowest BCUT2D eigenvalue weighted by atomic mass is 9.71. The quantitative estimate of drug-likeness (QED) is 0.0358. The lowest BCUT2D eigenvalue weighted by molar-refractivity contribution is -0.154. The van der Waals surface area contributed by atoms with E-state index in [1.807, 2.05) is 0 Å². The van der Waals surface area contributed by atoms with Crippen LogP contribution in [-0.4, -0.2) is 95.1 Å². The van der Waals surface area contributed by atoms with Gasteiger partial charge in [-0.3, -0.25) is 9.59 Å². The summed E-state index contributed by atoms with van der Waals surface area (Å²) in [5.74, 6) is -2.98. The number of hydrogen-bond donors (Lipinski definition) is 0. The summed E-state index contributed by atoms with van der Waals surface area (Å²) in [5, 5.41) is 16.5. The molecule has 0 bridgehead atoms. The zero-order chi connectivity index (χ0) is 37.2. The fourth-order valence-corrected chi connectivity index (χ4v) is 2.54. The molecule has 0 saturated heterocycles. The van der Waals surface area contributed by atoms with Crippen LogP contribution in [0.4, 0.5) is 0 Å². The highest BCUT2D eigenvalue weighted by Gasteiger charge is 2.33. The topological polar surface area (TPSA) is 222 Å².